The van der Waals surface area contributed by atoms with E-state index in [9.17, 15) is 0 Å². The van der Waals surface area contributed by atoms with Gasteiger partial charge in [-0.3, -0.25) is 0 Å². The van der Waals surface area contributed by atoms with E-state index in [1.807, 2.05) is 68.4 Å². The zero-order valence-corrected chi connectivity index (χ0v) is 15.0. The van der Waals surface area contributed by atoms with Crippen molar-refractivity contribution in [2.24, 2.45) is 10.7 Å². The van der Waals surface area contributed by atoms with E-state index in [1.165, 1.54) is 0 Å². The van der Waals surface area contributed by atoms with Crippen molar-refractivity contribution in [1.82, 2.24) is 4.98 Å². The average Bonchev–Trinajstić information content (AvgIpc) is 2.92. The van der Waals surface area contributed by atoms with E-state index in [0.717, 1.165) is 32.8 Å². The minimum atomic E-state index is 0.363. The number of hydrogen-bond donors (Lipinski definition) is 2. The van der Waals surface area contributed by atoms with Gasteiger partial charge in [0.15, 0.2) is 5.96 Å². The standard InChI is InChI=1S/C19H20N4OS/c1-13-18(25-14(2)22-13)12-21-19(20)23-15-7-6-10-17(11-15)24-16-8-4-3-5-9-16/h3-11H,12H2,1-2H3,(H3,20,21,23). The van der Waals surface area contributed by atoms with Crippen LogP contribution in [0.25, 0.3) is 0 Å². The van der Waals surface area contributed by atoms with Crippen molar-refractivity contribution in [2.75, 3.05) is 5.32 Å². The fourth-order valence-corrected chi connectivity index (χ4v) is 3.19. The quantitative estimate of drug-likeness (QED) is 0.524. The predicted octanol–water partition coefficient (Wildman–Crippen LogP) is 4.48. The third kappa shape index (κ3) is 4.81. The van der Waals surface area contributed by atoms with Gasteiger partial charge < -0.3 is 15.8 Å². The highest BCUT2D eigenvalue weighted by Crippen LogP contribution is 2.24. The minimum absolute atomic E-state index is 0.363. The van der Waals surface area contributed by atoms with Crippen LogP contribution in [0.15, 0.2) is 59.6 Å². The van der Waals surface area contributed by atoms with Gasteiger partial charge in [-0.15, -0.1) is 11.3 Å². The number of anilines is 1. The molecule has 0 amide bonds. The molecule has 0 spiro atoms. The normalized spacial score (nSPS) is 11.4. The molecule has 3 N–H and O–H groups in total. The zero-order valence-electron chi connectivity index (χ0n) is 14.2. The number of aromatic nitrogens is 1. The molecular weight excluding hydrogens is 332 g/mol. The summed E-state index contributed by atoms with van der Waals surface area (Å²) in [6, 6.07) is 17.3. The summed E-state index contributed by atoms with van der Waals surface area (Å²) in [4.78, 5) is 9.91. The van der Waals surface area contributed by atoms with Crippen LogP contribution in [0.2, 0.25) is 0 Å². The molecule has 1 heterocycles. The monoisotopic (exact) mass is 352 g/mol. The zero-order chi connectivity index (χ0) is 17.6. The topological polar surface area (TPSA) is 72.5 Å². The van der Waals surface area contributed by atoms with Crippen LogP contribution in [0.5, 0.6) is 11.5 Å². The van der Waals surface area contributed by atoms with Gasteiger partial charge in [0.05, 0.1) is 17.2 Å². The fraction of sp³-hybridized carbons (Fsp3) is 0.158. The lowest BCUT2D eigenvalue weighted by molar-refractivity contribution is 0.483. The highest BCUT2D eigenvalue weighted by atomic mass is 32.1. The van der Waals surface area contributed by atoms with Crippen LogP contribution < -0.4 is 15.8 Å². The number of rotatable bonds is 5. The summed E-state index contributed by atoms with van der Waals surface area (Å²) in [6.45, 7) is 4.50. The average molecular weight is 352 g/mol. The van der Waals surface area contributed by atoms with E-state index in [0.29, 0.717) is 12.5 Å². The van der Waals surface area contributed by atoms with Crippen molar-refractivity contribution >= 4 is 23.0 Å². The van der Waals surface area contributed by atoms with Crippen LogP contribution in [-0.2, 0) is 6.54 Å². The van der Waals surface area contributed by atoms with Gasteiger partial charge in [0.25, 0.3) is 0 Å². The first-order valence-corrected chi connectivity index (χ1v) is 8.74. The number of thiazole rings is 1. The van der Waals surface area contributed by atoms with Crippen LogP contribution in [0.4, 0.5) is 5.69 Å². The van der Waals surface area contributed by atoms with Crippen molar-refractivity contribution in [2.45, 2.75) is 20.4 Å². The molecule has 128 valence electrons. The highest BCUT2D eigenvalue weighted by molar-refractivity contribution is 7.11. The Kier molecular flexibility index (Phi) is 5.30. The lowest BCUT2D eigenvalue weighted by Gasteiger charge is -2.09. The smallest absolute Gasteiger partial charge is 0.193 e. The van der Waals surface area contributed by atoms with Gasteiger partial charge in [0, 0.05) is 16.6 Å². The van der Waals surface area contributed by atoms with Gasteiger partial charge >= 0.3 is 0 Å². The summed E-state index contributed by atoms with van der Waals surface area (Å²) in [7, 11) is 0. The summed E-state index contributed by atoms with van der Waals surface area (Å²) in [5.74, 6) is 1.89. The van der Waals surface area contributed by atoms with Crippen LogP contribution in [0, 0.1) is 13.8 Å². The van der Waals surface area contributed by atoms with E-state index in [1.54, 1.807) is 11.3 Å². The molecule has 0 radical (unpaired) electrons. The van der Waals surface area contributed by atoms with Crippen molar-refractivity contribution in [3.63, 3.8) is 0 Å². The number of nitrogens with two attached hydrogens (primary N) is 1. The minimum Gasteiger partial charge on any atom is -0.457 e. The molecule has 0 aliphatic carbocycles. The van der Waals surface area contributed by atoms with Crippen molar-refractivity contribution in [1.29, 1.82) is 0 Å². The molecule has 0 saturated carbocycles. The third-order valence-electron chi connectivity index (χ3n) is 3.48. The Bertz CT molecular complexity index is 874. The number of guanidine groups is 1. The Balaban J connectivity index is 1.65. The summed E-state index contributed by atoms with van der Waals surface area (Å²) in [6.07, 6.45) is 0. The second-order valence-electron chi connectivity index (χ2n) is 5.51. The molecule has 0 atom stereocenters. The van der Waals surface area contributed by atoms with Gasteiger partial charge in [-0.25, -0.2) is 9.98 Å². The van der Waals surface area contributed by atoms with Crippen LogP contribution in [0.3, 0.4) is 0 Å². The molecule has 0 aliphatic rings. The molecule has 1 aromatic heterocycles. The van der Waals surface area contributed by atoms with Gasteiger partial charge in [-0.05, 0) is 38.1 Å². The van der Waals surface area contributed by atoms with Crippen molar-refractivity contribution in [3.05, 3.63) is 70.2 Å². The maximum atomic E-state index is 6.00. The molecule has 6 heteroatoms. The van der Waals surface area contributed by atoms with Crippen molar-refractivity contribution < 1.29 is 4.74 Å². The Labute approximate surface area is 151 Å². The lowest BCUT2D eigenvalue weighted by Crippen LogP contribution is -2.22. The van der Waals surface area contributed by atoms with Crippen molar-refractivity contribution in [3.8, 4) is 11.5 Å². The van der Waals surface area contributed by atoms with Crippen LogP contribution >= 0.6 is 11.3 Å². The number of para-hydroxylation sites is 1. The number of aliphatic imine (C=N–C) groups is 1. The third-order valence-corrected chi connectivity index (χ3v) is 4.54. The molecule has 3 rings (SSSR count). The van der Waals surface area contributed by atoms with E-state index >= 15 is 0 Å². The maximum absolute atomic E-state index is 6.00. The molecule has 0 bridgehead atoms. The number of hydrogen-bond acceptors (Lipinski definition) is 4. The molecule has 3 aromatic rings. The SMILES string of the molecule is Cc1nc(C)c(CN=C(N)Nc2cccc(Oc3ccccc3)c2)s1. The Morgan fingerprint density at radius 2 is 1.88 bits per heavy atom. The molecule has 2 aromatic carbocycles. The highest BCUT2D eigenvalue weighted by Gasteiger charge is 2.04. The second kappa shape index (κ2) is 7.81. The number of ether oxygens (including phenoxy) is 1. The Hall–Kier alpha value is -2.86. The first-order chi connectivity index (χ1) is 12.1. The number of nitrogens with one attached hydrogen (secondary N) is 1. The Morgan fingerprint density at radius 3 is 2.60 bits per heavy atom. The summed E-state index contributed by atoms with van der Waals surface area (Å²) >= 11 is 1.64. The van der Waals surface area contributed by atoms with E-state index in [-0.39, 0.29) is 0 Å². The van der Waals surface area contributed by atoms with Crippen LogP contribution in [0.1, 0.15) is 15.6 Å². The molecule has 25 heavy (non-hydrogen) atoms. The number of benzene rings is 2. The molecule has 0 saturated heterocycles. The predicted molar refractivity (Wildman–Crippen MR) is 103 cm³/mol. The van der Waals surface area contributed by atoms with Gasteiger partial charge in [0.2, 0.25) is 0 Å². The van der Waals surface area contributed by atoms with Gasteiger partial charge in [-0.2, -0.15) is 0 Å². The Morgan fingerprint density at radius 1 is 1.12 bits per heavy atom. The maximum Gasteiger partial charge on any atom is 0.193 e. The summed E-state index contributed by atoms with van der Waals surface area (Å²) in [5.41, 5.74) is 7.83. The molecule has 0 aliphatic heterocycles. The first kappa shape index (κ1) is 17.0. The van der Waals surface area contributed by atoms with Crippen LogP contribution in [-0.4, -0.2) is 10.9 Å². The molecule has 0 fully saturated rings. The molecular formula is C19H20N4OS. The van der Waals surface area contributed by atoms with E-state index < -0.39 is 0 Å². The largest absolute Gasteiger partial charge is 0.457 e. The van der Waals surface area contributed by atoms with Gasteiger partial charge in [0.1, 0.15) is 11.5 Å². The lowest BCUT2D eigenvalue weighted by atomic mass is 10.3. The number of nitrogens with zero attached hydrogens (tertiary/aromatic N) is 2. The summed E-state index contributed by atoms with van der Waals surface area (Å²) < 4.78 is 5.82. The second-order valence-corrected chi connectivity index (χ2v) is 6.80. The summed E-state index contributed by atoms with van der Waals surface area (Å²) in [5, 5.41) is 4.14. The molecule has 5 nitrogen and oxygen atoms in total. The number of aryl methyl sites for hydroxylation is 2. The van der Waals surface area contributed by atoms with Gasteiger partial charge in [-0.1, -0.05) is 24.3 Å². The van der Waals surface area contributed by atoms with E-state index in [2.05, 4.69) is 15.3 Å². The molecule has 0 unspecified atom stereocenters. The van der Waals surface area contributed by atoms with E-state index in [4.69, 9.17) is 10.5 Å². The first-order valence-electron chi connectivity index (χ1n) is 7.93. The fourth-order valence-electron chi connectivity index (χ4n) is 2.33.